The second-order valence-electron chi connectivity index (χ2n) is 3.02. The molecule has 16 heavy (non-hydrogen) atoms. The minimum absolute atomic E-state index is 0.00340. The zero-order valence-electron chi connectivity index (χ0n) is 7.94. The number of alkyl halides is 4. The van der Waals surface area contributed by atoms with Crippen LogP contribution in [0.15, 0.2) is 18.2 Å². The standard InChI is InChI=1S/C10H7BrClF3O/c11-5-4-8(16)6-2-1-3-7(12)9(6)10(13,14)15/h1-3H,4-5H2. The fraction of sp³-hybridized carbons (Fsp3) is 0.300. The van der Waals surface area contributed by atoms with Gasteiger partial charge in [0.15, 0.2) is 5.78 Å². The Labute approximate surface area is 104 Å². The molecule has 88 valence electrons. The monoisotopic (exact) mass is 314 g/mol. The lowest BCUT2D eigenvalue weighted by atomic mass is 10.0. The molecule has 0 spiro atoms. The van der Waals surface area contributed by atoms with Crippen molar-refractivity contribution < 1.29 is 18.0 Å². The van der Waals surface area contributed by atoms with Gasteiger partial charge in [-0.3, -0.25) is 4.79 Å². The largest absolute Gasteiger partial charge is 0.418 e. The van der Waals surface area contributed by atoms with Crippen LogP contribution >= 0.6 is 27.5 Å². The molecule has 1 aromatic rings. The molecule has 0 bridgehead atoms. The summed E-state index contributed by atoms with van der Waals surface area (Å²) in [6.45, 7) is 0. The second-order valence-corrected chi connectivity index (χ2v) is 4.22. The molecule has 1 rings (SSSR count). The van der Waals surface area contributed by atoms with Crippen molar-refractivity contribution in [2.24, 2.45) is 0 Å². The normalized spacial score (nSPS) is 11.6. The van der Waals surface area contributed by atoms with Gasteiger partial charge in [-0.25, -0.2) is 0 Å². The highest BCUT2D eigenvalue weighted by Gasteiger charge is 2.37. The van der Waals surface area contributed by atoms with E-state index in [1.54, 1.807) is 0 Å². The average molecular weight is 316 g/mol. The van der Waals surface area contributed by atoms with Crippen LogP contribution in [0.5, 0.6) is 0 Å². The maximum Gasteiger partial charge on any atom is 0.418 e. The molecule has 1 nitrogen and oxygen atoms in total. The maximum absolute atomic E-state index is 12.7. The highest BCUT2D eigenvalue weighted by Crippen LogP contribution is 2.37. The van der Waals surface area contributed by atoms with Crippen molar-refractivity contribution in [2.75, 3.05) is 5.33 Å². The van der Waals surface area contributed by atoms with Crippen LogP contribution in [0.25, 0.3) is 0 Å². The summed E-state index contributed by atoms with van der Waals surface area (Å²) in [5.41, 5.74) is -1.43. The highest BCUT2D eigenvalue weighted by atomic mass is 79.9. The van der Waals surface area contributed by atoms with Crippen molar-refractivity contribution in [3.8, 4) is 0 Å². The predicted molar refractivity (Wildman–Crippen MR) is 59.2 cm³/mol. The van der Waals surface area contributed by atoms with E-state index < -0.39 is 22.5 Å². The van der Waals surface area contributed by atoms with E-state index in [0.29, 0.717) is 5.33 Å². The first-order chi connectivity index (χ1) is 7.38. The molecule has 0 fully saturated rings. The van der Waals surface area contributed by atoms with Crippen LogP contribution in [-0.2, 0) is 6.18 Å². The Morgan fingerprint density at radius 3 is 2.50 bits per heavy atom. The Hall–Kier alpha value is -0.550. The predicted octanol–water partition coefficient (Wildman–Crippen LogP) is 4.33. The van der Waals surface area contributed by atoms with Crippen LogP contribution in [0.2, 0.25) is 5.02 Å². The van der Waals surface area contributed by atoms with Crippen molar-refractivity contribution in [3.63, 3.8) is 0 Å². The van der Waals surface area contributed by atoms with E-state index >= 15 is 0 Å². The zero-order valence-corrected chi connectivity index (χ0v) is 10.3. The Kier molecular flexibility index (Phi) is 4.38. The van der Waals surface area contributed by atoms with Crippen molar-refractivity contribution >= 4 is 33.3 Å². The highest BCUT2D eigenvalue weighted by molar-refractivity contribution is 9.09. The Morgan fingerprint density at radius 1 is 1.38 bits per heavy atom. The summed E-state index contributed by atoms with van der Waals surface area (Å²) in [7, 11) is 0. The molecule has 1 aromatic carbocycles. The summed E-state index contributed by atoms with van der Waals surface area (Å²) in [6, 6.07) is 3.59. The molecule has 0 unspecified atom stereocenters. The number of rotatable bonds is 3. The van der Waals surface area contributed by atoms with E-state index in [4.69, 9.17) is 11.6 Å². The van der Waals surface area contributed by atoms with Gasteiger partial charge in [0.2, 0.25) is 0 Å². The molecule has 0 radical (unpaired) electrons. The lowest BCUT2D eigenvalue weighted by Crippen LogP contribution is -2.14. The summed E-state index contributed by atoms with van der Waals surface area (Å²) in [6.07, 6.45) is -4.61. The van der Waals surface area contributed by atoms with Crippen LogP contribution in [0.3, 0.4) is 0 Å². The first kappa shape index (κ1) is 13.5. The van der Waals surface area contributed by atoms with Crippen LogP contribution < -0.4 is 0 Å². The molecule has 0 atom stereocenters. The van der Waals surface area contributed by atoms with Gasteiger partial charge in [0.05, 0.1) is 10.6 Å². The molecular weight excluding hydrogens is 308 g/mol. The molecule has 0 aliphatic heterocycles. The summed E-state index contributed by atoms with van der Waals surface area (Å²) < 4.78 is 38.0. The molecule has 0 aliphatic carbocycles. The van der Waals surface area contributed by atoms with E-state index in [1.807, 2.05) is 0 Å². The Bertz CT molecular complexity index is 404. The number of ketones is 1. The number of hydrogen-bond acceptors (Lipinski definition) is 1. The summed E-state index contributed by atoms with van der Waals surface area (Å²) in [4.78, 5) is 11.5. The van der Waals surface area contributed by atoms with Crippen molar-refractivity contribution in [1.29, 1.82) is 0 Å². The van der Waals surface area contributed by atoms with E-state index in [0.717, 1.165) is 12.1 Å². The van der Waals surface area contributed by atoms with Gasteiger partial charge in [-0.15, -0.1) is 0 Å². The first-order valence-electron chi connectivity index (χ1n) is 4.32. The van der Waals surface area contributed by atoms with Gasteiger partial charge >= 0.3 is 6.18 Å². The SMILES string of the molecule is O=C(CCBr)c1cccc(Cl)c1C(F)(F)F. The van der Waals surface area contributed by atoms with Crippen LogP contribution in [0, 0.1) is 0 Å². The van der Waals surface area contributed by atoms with E-state index in [9.17, 15) is 18.0 Å². The number of carbonyl (C=O) groups excluding carboxylic acids is 1. The van der Waals surface area contributed by atoms with E-state index in [-0.39, 0.29) is 12.0 Å². The number of benzene rings is 1. The smallest absolute Gasteiger partial charge is 0.294 e. The lowest BCUT2D eigenvalue weighted by molar-refractivity contribution is -0.137. The molecule has 0 saturated carbocycles. The van der Waals surface area contributed by atoms with Gasteiger partial charge < -0.3 is 0 Å². The maximum atomic E-state index is 12.7. The summed E-state index contributed by atoms with van der Waals surface area (Å²) in [5, 5.41) is -0.136. The van der Waals surface area contributed by atoms with Crippen molar-refractivity contribution in [1.82, 2.24) is 0 Å². The van der Waals surface area contributed by atoms with E-state index in [1.165, 1.54) is 6.07 Å². The van der Waals surface area contributed by atoms with Crippen molar-refractivity contribution in [3.05, 3.63) is 34.3 Å². The van der Waals surface area contributed by atoms with Gasteiger partial charge in [-0.05, 0) is 6.07 Å². The van der Waals surface area contributed by atoms with Gasteiger partial charge in [0.1, 0.15) is 0 Å². The Morgan fingerprint density at radius 2 is 2.00 bits per heavy atom. The Balaban J connectivity index is 3.29. The molecule has 0 N–H and O–H groups in total. The first-order valence-corrected chi connectivity index (χ1v) is 5.82. The number of hydrogen-bond donors (Lipinski definition) is 0. The second kappa shape index (κ2) is 5.19. The minimum Gasteiger partial charge on any atom is -0.294 e. The molecule has 6 heteroatoms. The van der Waals surface area contributed by atoms with Crippen LogP contribution in [0.4, 0.5) is 13.2 Å². The summed E-state index contributed by atoms with van der Waals surface area (Å²) >= 11 is 8.48. The van der Waals surface area contributed by atoms with Gasteiger partial charge in [-0.2, -0.15) is 13.2 Å². The molecule has 0 saturated heterocycles. The third kappa shape index (κ3) is 2.98. The molecular formula is C10H7BrClF3O. The third-order valence-electron chi connectivity index (χ3n) is 1.92. The fourth-order valence-electron chi connectivity index (χ4n) is 1.27. The average Bonchev–Trinajstić information content (AvgIpc) is 2.15. The van der Waals surface area contributed by atoms with Crippen LogP contribution in [-0.4, -0.2) is 11.1 Å². The van der Waals surface area contributed by atoms with E-state index in [2.05, 4.69) is 15.9 Å². The van der Waals surface area contributed by atoms with Crippen molar-refractivity contribution in [2.45, 2.75) is 12.6 Å². The third-order valence-corrected chi connectivity index (χ3v) is 2.63. The topological polar surface area (TPSA) is 17.1 Å². The molecule has 0 aromatic heterocycles. The minimum atomic E-state index is -4.62. The number of Topliss-reactive ketones (excluding diaryl/α,β-unsaturated/α-hetero) is 1. The molecule has 0 amide bonds. The summed E-state index contributed by atoms with van der Waals surface area (Å²) in [5.74, 6) is -0.577. The van der Waals surface area contributed by atoms with Gasteiger partial charge in [0.25, 0.3) is 0 Å². The van der Waals surface area contributed by atoms with Gasteiger partial charge in [0, 0.05) is 17.3 Å². The molecule has 0 aliphatic rings. The van der Waals surface area contributed by atoms with Crippen LogP contribution in [0.1, 0.15) is 22.3 Å². The van der Waals surface area contributed by atoms with Gasteiger partial charge in [-0.1, -0.05) is 39.7 Å². The lowest BCUT2D eigenvalue weighted by Gasteiger charge is -2.13. The number of halogens is 5. The fourth-order valence-corrected chi connectivity index (χ4v) is 1.91. The quantitative estimate of drug-likeness (QED) is 0.599. The zero-order chi connectivity index (χ0) is 12.3. The molecule has 0 heterocycles. The number of carbonyl (C=O) groups is 1.